The number of hydrogen-bond donors (Lipinski definition) is 3. The van der Waals surface area contributed by atoms with Crippen LogP contribution < -0.4 is 5.14 Å². The predicted molar refractivity (Wildman–Crippen MR) is 112 cm³/mol. The van der Waals surface area contributed by atoms with Crippen molar-refractivity contribution in [3.63, 3.8) is 0 Å². The number of aryl methyl sites for hydroxylation is 1. The first-order valence-electron chi connectivity index (χ1n) is 8.52. The quantitative estimate of drug-likeness (QED) is 0.381. The summed E-state index contributed by atoms with van der Waals surface area (Å²) in [6.07, 6.45) is 1.53. The molecular weight excluding hydrogens is 444 g/mol. The molecular formula is C17H14N8O4S2. The van der Waals surface area contributed by atoms with Gasteiger partial charge in [0.1, 0.15) is 11.4 Å². The van der Waals surface area contributed by atoms with Gasteiger partial charge in [-0.05, 0) is 41.9 Å². The van der Waals surface area contributed by atoms with E-state index in [4.69, 9.17) is 5.14 Å². The lowest BCUT2D eigenvalue weighted by molar-refractivity contribution is 0.453. The van der Waals surface area contributed by atoms with E-state index in [9.17, 15) is 18.6 Å². The Bertz CT molecular complexity index is 1460. The highest BCUT2D eigenvalue weighted by molar-refractivity contribution is 7.89. The van der Waals surface area contributed by atoms with Crippen molar-refractivity contribution in [3.05, 3.63) is 42.6 Å². The zero-order chi connectivity index (χ0) is 22.2. The summed E-state index contributed by atoms with van der Waals surface area (Å²) in [6.45, 7) is 0. The van der Waals surface area contributed by atoms with E-state index >= 15 is 0 Å². The van der Waals surface area contributed by atoms with E-state index in [1.54, 1.807) is 13.1 Å². The molecule has 0 saturated carbocycles. The highest BCUT2D eigenvalue weighted by Gasteiger charge is 2.15. The maximum Gasteiger partial charge on any atom is 0.238 e. The number of fused-ring (bicyclic) bond motifs is 1. The van der Waals surface area contributed by atoms with Gasteiger partial charge >= 0.3 is 0 Å². The summed E-state index contributed by atoms with van der Waals surface area (Å²) in [5.74, 6) is -0.329. The molecule has 2 aromatic heterocycles. The summed E-state index contributed by atoms with van der Waals surface area (Å²) >= 11 is 0.996. The molecule has 0 aliphatic heterocycles. The molecule has 4 rings (SSSR count). The molecule has 2 aromatic carbocycles. The van der Waals surface area contributed by atoms with Crippen molar-refractivity contribution in [1.29, 1.82) is 0 Å². The van der Waals surface area contributed by atoms with Crippen molar-refractivity contribution in [2.45, 2.75) is 4.90 Å². The Morgan fingerprint density at radius 3 is 2.58 bits per heavy atom. The topological polar surface area (TPSA) is 181 Å². The normalized spacial score (nSPS) is 12.5. The third-order valence-electron chi connectivity index (χ3n) is 4.16. The summed E-state index contributed by atoms with van der Waals surface area (Å²) in [5.41, 5.74) is 0.344. The summed E-state index contributed by atoms with van der Waals surface area (Å²) in [5, 5.41) is 46.2. The van der Waals surface area contributed by atoms with Crippen molar-refractivity contribution in [2.24, 2.45) is 32.6 Å². The Morgan fingerprint density at radius 2 is 1.87 bits per heavy atom. The minimum Gasteiger partial charge on any atom is -0.505 e. The van der Waals surface area contributed by atoms with Crippen LogP contribution in [0.1, 0.15) is 0 Å². The van der Waals surface area contributed by atoms with Crippen LogP contribution >= 0.6 is 11.5 Å². The van der Waals surface area contributed by atoms with Gasteiger partial charge in [0, 0.05) is 18.5 Å². The van der Waals surface area contributed by atoms with Gasteiger partial charge < -0.3 is 10.2 Å². The molecule has 4 aromatic rings. The van der Waals surface area contributed by atoms with Crippen molar-refractivity contribution in [3.8, 4) is 11.5 Å². The number of benzene rings is 2. The smallest absolute Gasteiger partial charge is 0.238 e. The lowest BCUT2D eigenvalue weighted by atomic mass is 10.2. The van der Waals surface area contributed by atoms with Crippen LogP contribution in [0.25, 0.3) is 10.9 Å². The fraction of sp³-hybridized carbons (Fsp3) is 0.0588. The lowest BCUT2D eigenvalue weighted by Gasteiger charge is -2.03. The van der Waals surface area contributed by atoms with Crippen LogP contribution in [0.15, 0.2) is 67.9 Å². The Balaban J connectivity index is 1.70. The molecule has 0 aliphatic carbocycles. The Hall–Kier alpha value is -3.75. The average Bonchev–Trinajstić information content (AvgIpc) is 3.32. The monoisotopic (exact) mass is 458 g/mol. The zero-order valence-corrected chi connectivity index (χ0v) is 17.4. The summed E-state index contributed by atoms with van der Waals surface area (Å²) in [4.78, 5) is -0.0815. The molecule has 0 saturated heterocycles. The number of nitrogens with two attached hydrogens (primary N) is 1. The molecule has 0 spiro atoms. The largest absolute Gasteiger partial charge is 0.505 e. The summed E-state index contributed by atoms with van der Waals surface area (Å²) < 4.78 is 28.8. The third-order valence-corrected chi connectivity index (χ3v) is 5.84. The van der Waals surface area contributed by atoms with Gasteiger partial charge in [-0.3, -0.25) is 0 Å². The number of phenolic OH excluding ortho intramolecular Hbond substituents is 2. The van der Waals surface area contributed by atoms with Crippen LogP contribution in [0.5, 0.6) is 11.5 Å². The Morgan fingerprint density at radius 1 is 1.06 bits per heavy atom. The van der Waals surface area contributed by atoms with Crippen LogP contribution in [0.2, 0.25) is 0 Å². The lowest BCUT2D eigenvalue weighted by Crippen LogP contribution is -2.11. The van der Waals surface area contributed by atoms with E-state index in [-0.39, 0.29) is 22.0 Å². The van der Waals surface area contributed by atoms with Crippen molar-refractivity contribution in [1.82, 2.24) is 14.2 Å². The number of azo groups is 2. The average molecular weight is 458 g/mol. The second-order valence-electron chi connectivity index (χ2n) is 6.23. The van der Waals surface area contributed by atoms with Gasteiger partial charge in [-0.1, -0.05) is 0 Å². The van der Waals surface area contributed by atoms with E-state index in [1.165, 1.54) is 41.2 Å². The third kappa shape index (κ3) is 4.11. The van der Waals surface area contributed by atoms with Crippen LogP contribution in [0.4, 0.5) is 22.2 Å². The molecule has 158 valence electrons. The molecule has 0 atom stereocenters. The maximum absolute atomic E-state index is 11.6. The predicted octanol–water partition coefficient (Wildman–Crippen LogP) is 3.92. The second kappa shape index (κ2) is 7.82. The Labute approximate surface area is 179 Å². The van der Waals surface area contributed by atoms with Gasteiger partial charge in [-0.15, -0.1) is 20.5 Å². The fourth-order valence-electron chi connectivity index (χ4n) is 2.56. The molecule has 0 radical (unpaired) electrons. The molecule has 12 nitrogen and oxygen atoms in total. The number of aromatic hydroxyl groups is 2. The molecule has 0 amide bonds. The van der Waals surface area contributed by atoms with Gasteiger partial charge in [0.15, 0.2) is 22.3 Å². The highest BCUT2D eigenvalue weighted by Crippen LogP contribution is 2.44. The van der Waals surface area contributed by atoms with Crippen molar-refractivity contribution >= 4 is 54.7 Å². The van der Waals surface area contributed by atoms with E-state index in [0.717, 1.165) is 11.5 Å². The second-order valence-corrected chi connectivity index (χ2v) is 8.54. The van der Waals surface area contributed by atoms with Crippen molar-refractivity contribution < 1.29 is 18.6 Å². The number of phenols is 2. The van der Waals surface area contributed by atoms with Gasteiger partial charge in [0.05, 0.1) is 16.6 Å². The van der Waals surface area contributed by atoms with E-state index in [2.05, 4.69) is 29.9 Å². The number of hydrogen-bond acceptors (Lipinski definition) is 11. The maximum atomic E-state index is 11.6. The first-order chi connectivity index (χ1) is 14.7. The highest BCUT2D eigenvalue weighted by atomic mass is 32.2. The number of primary sulfonamides is 1. The van der Waals surface area contributed by atoms with Gasteiger partial charge in [-0.2, -0.15) is 9.47 Å². The minimum absolute atomic E-state index is 0.0147. The molecule has 14 heteroatoms. The zero-order valence-electron chi connectivity index (χ0n) is 15.8. The first kappa shape index (κ1) is 20.5. The number of aromatic nitrogens is 3. The summed E-state index contributed by atoms with van der Waals surface area (Å²) in [7, 11) is -2.23. The van der Waals surface area contributed by atoms with Crippen LogP contribution in [0.3, 0.4) is 0 Å². The molecule has 0 fully saturated rings. The van der Waals surface area contributed by atoms with Gasteiger partial charge in [-0.25, -0.2) is 18.2 Å². The van der Waals surface area contributed by atoms with E-state index < -0.39 is 15.8 Å². The Kier molecular flexibility index (Phi) is 5.18. The van der Waals surface area contributed by atoms with Crippen LogP contribution in [-0.2, 0) is 17.1 Å². The summed E-state index contributed by atoms with van der Waals surface area (Å²) in [6, 6.07) is 8.45. The van der Waals surface area contributed by atoms with E-state index in [0.29, 0.717) is 21.7 Å². The first-order valence-corrected chi connectivity index (χ1v) is 10.8. The van der Waals surface area contributed by atoms with Gasteiger partial charge in [0.2, 0.25) is 10.0 Å². The fourth-order valence-corrected chi connectivity index (χ4v) is 3.78. The molecule has 2 heterocycles. The molecule has 31 heavy (non-hydrogen) atoms. The van der Waals surface area contributed by atoms with Crippen molar-refractivity contribution in [2.75, 3.05) is 0 Å². The minimum atomic E-state index is -3.89. The number of sulfonamides is 1. The SMILES string of the molecule is Cn1nccc1/N=N/c1c(O)ccc(/N=N/c2snc3ccc(S(N)(=O)=O)cc23)c1O. The molecule has 4 N–H and O–H groups in total. The van der Waals surface area contributed by atoms with Crippen LogP contribution in [-0.4, -0.2) is 32.8 Å². The standard InChI is InChI=1S/C17H14N8O4S2/c1-25-14(6-7-19-25)21-22-15-13(26)5-4-12(16(15)27)20-23-17-10-8-9(31(18,28)29)2-3-11(10)24-30-17/h2-8,26-27H,1H3,(H2,18,28,29)/b22-21+,23-20+. The van der Waals surface area contributed by atoms with Crippen LogP contribution in [0, 0.1) is 0 Å². The van der Waals surface area contributed by atoms with Gasteiger partial charge in [0.25, 0.3) is 0 Å². The molecule has 0 bridgehead atoms. The molecule has 0 unspecified atom stereocenters. The number of rotatable bonds is 5. The number of nitrogens with zero attached hydrogens (tertiary/aromatic N) is 7. The van der Waals surface area contributed by atoms with E-state index in [1.807, 2.05) is 0 Å². The molecule has 0 aliphatic rings.